The minimum absolute atomic E-state index is 0.227. The molecule has 2 aromatic carbocycles. The Balaban J connectivity index is 1.65. The number of hydrogen-bond acceptors (Lipinski definition) is 5. The van der Waals surface area contributed by atoms with Crippen molar-refractivity contribution in [2.24, 2.45) is 0 Å². The van der Waals surface area contributed by atoms with Gasteiger partial charge >= 0.3 is 5.97 Å². The lowest BCUT2D eigenvalue weighted by atomic mass is 10.1. The summed E-state index contributed by atoms with van der Waals surface area (Å²) >= 11 is 0. The number of carbonyl (C=O) groups is 2. The number of ether oxygens (including phenoxy) is 3. The van der Waals surface area contributed by atoms with Crippen LogP contribution >= 0.6 is 0 Å². The van der Waals surface area contributed by atoms with Gasteiger partial charge in [-0.15, -0.1) is 0 Å². The molecular weight excluding hydrogens is 338 g/mol. The quantitative estimate of drug-likeness (QED) is 0.823. The van der Waals surface area contributed by atoms with Crippen LogP contribution in [0.1, 0.15) is 26.3 Å². The number of carboxylic acid groups (broad SMARTS) is 1. The maximum atomic E-state index is 12.4. The SMILES string of the molecule is COc1cc(C(=O)NCCc2cccc(C(=O)O)c2)cc2c1OCCO2. The molecule has 0 fully saturated rings. The van der Waals surface area contributed by atoms with Crippen LogP contribution < -0.4 is 19.5 Å². The second-order valence-corrected chi connectivity index (χ2v) is 5.71. The first-order valence-corrected chi connectivity index (χ1v) is 8.16. The second kappa shape index (κ2) is 7.77. The van der Waals surface area contributed by atoms with Gasteiger partial charge in [-0.1, -0.05) is 12.1 Å². The van der Waals surface area contributed by atoms with E-state index in [4.69, 9.17) is 19.3 Å². The highest BCUT2D eigenvalue weighted by atomic mass is 16.6. The molecule has 0 bridgehead atoms. The Bertz CT molecular complexity index is 816. The van der Waals surface area contributed by atoms with Crippen molar-refractivity contribution >= 4 is 11.9 Å². The lowest BCUT2D eigenvalue weighted by Gasteiger charge is -2.21. The Morgan fingerprint density at radius 1 is 1.15 bits per heavy atom. The molecule has 0 atom stereocenters. The van der Waals surface area contributed by atoms with E-state index in [1.165, 1.54) is 13.2 Å². The zero-order valence-corrected chi connectivity index (χ0v) is 14.3. The Morgan fingerprint density at radius 3 is 2.73 bits per heavy atom. The van der Waals surface area contributed by atoms with Gasteiger partial charge in [-0.3, -0.25) is 4.79 Å². The fourth-order valence-electron chi connectivity index (χ4n) is 2.69. The average Bonchev–Trinajstić information content (AvgIpc) is 2.67. The van der Waals surface area contributed by atoms with E-state index in [1.807, 2.05) is 6.07 Å². The molecule has 7 heteroatoms. The zero-order valence-electron chi connectivity index (χ0n) is 14.3. The third-order valence-electron chi connectivity index (χ3n) is 3.96. The van der Waals surface area contributed by atoms with Crippen LogP contribution in [0.25, 0.3) is 0 Å². The van der Waals surface area contributed by atoms with Gasteiger partial charge in [-0.2, -0.15) is 0 Å². The van der Waals surface area contributed by atoms with Gasteiger partial charge < -0.3 is 24.6 Å². The van der Waals surface area contributed by atoms with Crippen LogP contribution in [0.5, 0.6) is 17.2 Å². The number of nitrogens with one attached hydrogen (secondary N) is 1. The number of rotatable bonds is 6. The molecule has 0 spiro atoms. The van der Waals surface area contributed by atoms with Crippen molar-refractivity contribution in [2.45, 2.75) is 6.42 Å². The van der Waals surface area contributed by atoms with Crippen molar-refractivity contribution in [1.82, 2.24) is 5.32 Å². The monoisotopic (exact) mass is 357 g/mol. The number of benzene rings is 2. The number of hydrogen-bond donors (Lipinski definition) is 2. The van der Waals surface area contributed by atoms with Crippen molar-refractivity contribution in [3.63, 3.8) is 0 Å². The summed E-state index contributed by atoms with van der Waals surface area (Å²) in [5.74, 6) is 0.186. The molecule has 0 saturated heterocycles. The predicted molar refractivity (Wildman–Crippen MR) is 93.4 cm³/mol. The summed E-state index contributed by atoms with van der Waals surface area (Å²) in [6, 6.07) is 9.87. The van der Waals surface area contributed by atoms with E-state index in [0.29, 0.717) is 49.0 Å². The molecule has 2 N–H and O–H groups in total. The molecule has 1 amide bonds. The van der Waals surface area contributed by atoms with E-state index >= 15 is 0 Å². The van der Waals surface area contributed by atoms with Crippen molar-refractivity contribution in [1.29, 1.82) is 0 Å². The van der Waals surface area contributed by atoms with Crippen LogP contribution in [0.3, 0.4) is 0 Å². The highest BCUT2D eigenvalue weighted by Gasteiger charge is 2.20. The standard InChI is InChI=1S/C19H19NO6/c1-24-15-10-14(11-16-17(15)26-8-7-25-16)18(21)20-6-5-12-3-2-4-13(9-12)19(22)23/h2-4,9-11H,5-8H2,1H3,(H,20,21)(H,22,23). The van der Waals surface area contributed by atoms with Gasteiger partial charge in [0.25, 0.3) is 5.91 Å². The fraction of sp³-hybridized carbons (Fsp3) is 0.263. The molecule has 2 aromatic rings. The highest BCUT2D eigenvalue weighted by Crippen LogP contribution is 2.40. The highest BCUT2D eigenvalue weighted by molar-refractivity contribution is 5.95. The molecule has 0 saturated carbocycles. The van der Waals surface area contributed by atoms with Crippen LogP contribution in [0, 0.1) is 0 Å². The molecule has 0 radical (unpaired) electrons. The molecule has 0 aromatic heterocycles. The van der Waals surface area contributed by atoms with Crippen LogP contribution in [-0.4, -0.2) is 43.9 Å². The molecule has 1 aliphatic rings. The number of aromatic carboxylic acids is 1. The normalized spacial score (nSPS) is 12.3. The van der Waals surface area contributed by atoms with Gasteiger partial charge in [0.1, 0.15) is 13.2 Å². The van der Waals surface area contributed by atoms with E-state index in [1.54, 1.807) is 24.3 Å². The van der Waals surface area contributed by atoms with Gasteiger partial charge in [-0.05, 0) is 36.2 Å². The predicted octanol–water partition coefficient (Wildman–Crippen LogP) is 2.14. The molecule has 0 aliphatic carbocycles. The van der Waals surface area contributed by atoms with Crippen LogP contribution in [0.4, 0.5) is 0 Å². The van der Waals surface area contributed by atoms with Crippen LogP contribution in [0.15, 0.2) is 36.4 Å². The molecule has 136 valence electrons. The summed E-state index contributed by atoms with van der Waals surface area (Å²) in [6.07, 6.45) is 0.522. The lowest BCUT2D eigenvalue weighted by molar-refractivity contribution is 0.0696. The summed E-state index contributed by atoms with van der Waals surface area (Å²) in [7, 11) is 1.50. The number of methoxy groups -OCH3 is 1. The summed E-state index contributed by atoms with van der Waals surface area (Å²) in [5.41, 5.74) is 1.47. The zero-order chi connectivity index (χ0) is 18.5. The van der Waals surface area contributed by atoms with Crippen molar-refractivity contribution in [3.8, 4) is 17.2 Å². The number of carboxylic acids is 1. The summed E-state index contributed by atoms with van der Waals surface area (Å²) in [6.45, 7) is 1.23. The first-order chi connectivity index (χ1) is 12.6. The second-order valence-electron chi connectivity index (χ2n) is 5.71. The van der Waals surface area contributed by atoms with Crippen LogP contribution in [0.2, 0.25) is 0 Å². The molecule has 1 heterocycles. The van der Waals surface area contributed by atoms with Gasteiger partial charge in [0.2, 0.25) is 5.75 Å². The Hall–Kier alpha value is -3.22. The molecule has 1 aliphatic heterocycles. The van der Waals surface area contributed by atoms with Gasteiger partial charge in [0, 0.05) is 12.1 Å². The third kappa shape index (κ3) is 3.88. The van der Waals surface area contributed by atoms with E-state index < -0.39 is 5.97 Å². The Labute approximate surface area is 150 Å². The first kappa shape index (κ1) is 17.6. The lowest BCUT2D eigenvalue weighted by Crippen LogP contribution is -2.26. The first-order valence-electron chi connectivity index (χ1n) is 8.16. The summed E-state index contributed by atoms with van der Waals surface area (Å²) in [4.78, 5) is 23.4. The largest absolute Gasteiger partial charge is 0.493 e. The Morgan fingerprint density at radius 2 is 1.96 bits per heavy atom. The smallest absolute Gasteiger partial charge is 0.335 e. The van der Waals surface area contributed by atoms with E-state index in [9.17, 15) is 9.59 Å². The fourth-order valence-corrected chi connectivity index (χ4v) is 2.69. The van der Waals surface area contributed by atoms with E-state index in [2.05, 4.69) is 5.32 Å². The molecule has 7 nitrogen and oxygen atoms in total. The molecular formula is C19H19NO6. The van der Waals surface area contributed by atoms with Crippen molar-refractivity contribution in [3.05, 3.63) is 53.1 Å². The number of amides is 1. The maximum absolute atomic E-state index is 12.4. The summed E-state index contributed by atoms with van der Waals surface area (Å²) < 4.78 is 16.3. The minimum atomic E-state index is -0.973. The topological polar surface area (TPSA) is 94.1 Å². The average molecular weight is 357 g/mol. The number of carbonyl (C=O) groups excluding carboxylic acids is 1. The van der Waals surface area contributed by atoms with Crippen molar-refractivity contribution in [2.75, 3.05) is 26.9 Å². The third-order valence-corrected chi connectivity index (χ3v) is 3.96. The van der Waals surface area contributed by atoms with Crippen molar-refractivity contribution < 1.29 is 28.9 Å². The minimum Gasteiger partial charge on any atom is -0.493 e. The molecule has 0 unspecified atom stereocenters. The van der Waals surface area contributed by atoms with E-state index in [-0.39, 0.29) is 11.5 Å². The number of fused-ring (bicyclic) bond motifs is 1. The maximum Gasteiger partial charge on any atom is 0.335 e. The van der Waals surface area contributed by atoms with Gasteiger partial charge in [0.15, 0.2) is 11.5 Å². The summed E-state index contributed by atoms with van der Waals surface area (Å²) in [5, 5.41) is 11.8. The molecule has 3 rings (SSSR count). The van der Waals surface area contributed by atoms with E-state index in [0.717, 1.165) is 5.56 Å². The molecule has 26 heavy (non-hydrogen) atoms. The Kier molecular flexibility index (Phi) is 5.26. The van der Waals surface area contributed by atoms with Gasteiger partial charge in [0.05, 0.1) is 12.7 Å². The van der Waals surface area contributed by atoms with Crippen LogP contribution in [-0.2, 0) is 6.42 Å². The van der Waals surface area contributed by atoms with Gasteiger partial charge in [-0.25, -0.2) is 4.79 Å².